The minimum atomic E-state index is -0.652. The van der Waals surface area contributed by atoms with Crippen LogP contribution in [-0.4, -0.2) is 75.4 Å². The second kappa shape index (κ2) is 16.6. The molecule has 2 saturated heterocycles. The Labute approximate surface area is 217 Å². The van der Waals surface area contributed by atoms with Crippen molar-refractivity contribution in [3.63, 3.8) is 0 Å². The van der Waals surface area contributed by atoms with Crippen LogP contribution in [0.15, 0.2) is 0 Å². The summed E-state index contributed by atoms with van der Waals surface area (Å²) in [4.78, 5) is 22.0. The minimum Gasteiger partial charge on any atom is -0.469 e. The largest absolute Gasteiger partial charge is 0.469 e. The number of hydrogen-bond acceptors (Lipinski definition) is 9. The SMILES string of the molecule is CCC1OC(OCCC(=O)OC)C(C)C(C)C1C.CCC1OC(OCCC(=O)OC)C(O)C(C)C1C. The van der Waals surface area contributed by atoms with E-state index in [1.54, 1.807) is 0 Å². The zero-order chi connectivity index (χ0) is 27.4. The predicted molar refractivity (Wildman–Crippen MR) is 135 cm³/mol. The average molecular weight is 519 g/mol. The molecule has 36 heavy (non-hydrogen) atoms. The molecule has 0 aromatic heterocycles. The Morgan fingerprint density at radius 1 is 0.667 bits per heavy atom. The molecular formula is C27H50O9. The maximum atomic E-state index is 11.0. The molecule has 0 spiro atoms. The van der Waals surface area contributed by atoms with Crippen molar-refractivity contribution in [2.75, 3.05) is 27.4 Å². The highest BCUT2D eigenvalue weighted by Gasteiger charge is 2.40. The zero-order valence-electron chi connectivity index (χ0n) is 23.7. The average Bonchev–Trinajstić information content (AvgIpc) is 2.88. The Bertz CT molecular complexity index is 585. The standard InChI is InChI=1S/C14H26O4.C13H24O5/c1-6-12-10(3)9(2)11(4)14(18-12)17-8-7-13(15)16-5;1-5-10-8(2)9(3)12(15)13(18-10)17-7-6-11(14)16-4/h9-12,14H,6-8H2,1-5H3;8-10,12-13,15H,5-7H2,1-4H3. The highest BCUT2D eigenvalue weighted by atomic mass is 16.7. The van der Waals surface area contributed by atoms with Crippen LogP contribution in [0.25, 0.3) is 0 Å². The molecule has 2 aliphatic rings. The van der Waals surface area contributed by atoms with E-state index in [-0.39, 0.29) is 55.8 Å². The third kappa shape index (κ3) is 9.56. The molecule has 2 rings (SSSR count). The Morgan fingerprint density at radius 3 is 1.53 bits per heavy atom. The monoisotopic (exact) mass is 518 g/mol. The van der Waals surface area contributed by atoms with Crippen LogP contribution in [0.3, 0.4) is 0 Å². The molecule has 10 unspecified atom stereocenters. The Hall–Kier alpha value is -1.26. The normalized spacial score (nSPS) is 36.4. The molecule has 9 heteroatoms. The van der Waals surface area contributed by atoms with Gasteiger partial charge < -0.3 is 33.5 Å². The maximum absolute atomic E-state index is 11.0. The number of methoxy groups -OCH3 is 2. The summed E-state index contributed by atoms with van der Waals surface area (Å²) in [5, 5.41) is 10.1. The van der Waals surface area contributed by atoms with Crippen LogP contribution in [0, 0.1) is 29.6 Å². The smallest absolute Gasteiger partial charge is 0.307 e. The number of hydrogen-bond donors (Lipinski definition) is 1. The highest BCUT2D eigenvalue weighted by molar-refractivity contribution is 5.69. The van der Waals surface area contributed by atoms with Gasteiger partial charge in [-0.1, -0.05) is 48.5 Å². The summed E-state index contributed by atoms with van der Waals surface area (Å²) < 4.78 is 31.9. The lowest BCUT2D eigenvalue weighted by atomic mass is 9.78. The number of carbonyl (C=O) groups is 2. The van der Waals surface area contributed by atoms with Crippen molar-refractivity contribution in [2.24, 2.45) is 29.6 Å². The number of ether oxygens (including phenoxy) is 6. The quantitative estimate of drug-likeness (QED) is 0.430. The number of carbonyl (C=O) groups excluding carboxylic acids is 2. The van der Waals surface area contributed by atoms with Crippen molar-refractivity contribution in [3.05, 3.63) is 0 Å². The van der Waals surface area contributed by atoms with Gasteiger partial charge in [0.05, 0.1) is 52.5 Å². The molecule has 0 bridgehead atoms. The van der Waals surface area contributed by atoms with Crippen molar-refractivity contribution >= 4 is 11.9 Å². The van der Waals surface area contributed by atoms with Crippen molar-refractivity contribution < 1.29 is 43.1 Å². The second-order valence-corrected chi connectivity index (χ2v) is 10.1. The van der Waals surface area contributed by atoms with Crippen molar-refractivity contribution in [1.82, 2.24) is 0 Å². The Balaban J connectivity index is 0.000000360. The van der Waals surface area contributed by atoms with Crippen LogP contribution in [0.4, 0.5) is 0 Å². The lowest BCUT2D eigenvalue weighted by Gasteiger charge is -2.43. The van der Waals surface area contributed by atoms with Gasteiger partial charge in [0.2, 0.25) is 0 Å². The maximum Gasteiger partial charge on any atom is 0.307 e. The molecule has 0 aromatic rings. The first-order valence-electron chi connectivity index (χ1n) is 13.4. The van der Waals surface area contributed by atoms with Crippen molar-refractivity contribution in [1.29, 1.82) is 0 Å². The number of rotatable bonds is 10. The summed E-state index contributed by atoms with van der Waals surface area (Å²) in [5.41, 5.74) is 0. The lowest BCUT2D eigenvalue weighted by Crippen LogP contribution is -2.50. The van der Waals surface area contributed by atoms with Crippen LogP contribution < -0.4 is 0 Å². The number of aliphatic hydroxyl groups excluding tert-OH is 1. The Kier molecular flexibility index (Phi) is 15.1. The van der Waals surface area contributed by atoms with Gasteiger partial charge in [-0.3, -0.25) is 9.59 Å². The molecule has 9 nitrogen and oxygen atoms in total. The van der Waals surface area contributed by atoms with Gasteiger partial charge in [0.1, 0.15) is 6.10 Å². The van der Waals surface area contributed by atoms with E-state index >= 15 is 0 Å². The summed E-state index contributed by atoms with van der Waals surface area (Å²) in [7, 11) is 2.73. The van der Waals surface area contributed by atoms with E-state index < -0.39 is 12.4 Å². The summed E-state index contributed by atoms with van der Waals surface area (Å²) >= 11 is 0. The van der Waals surface area contributed by atoms with Crippen molar-refractivity contribution in [3.8, 4) is 0 Å². The van der Waals surface area contributed by atoms with Crippen LogP contribution in [0.2, 0.25) is 0 Å². The van der Waals surface area contributed by atoms with Crippen LogP contribution in [0.5, 0.6) is 0 Å². The molecule has 0 aromatic carbocycles. The van der Waals surface area contributed by atoms with Crippen LogP contribution >= 0.6 is 0 Å². The fraction of sp³-hybridized carbons (Fsp3) is 0.926. The van der Waals surface area contributed by atoms with E-state index in [1.165, 1.54) is 14.2 Å². The van der Waals surface area contributed by atoms with Gasteiger partial charge in [0.15, 0.2) is 12.6 Å². The summed E-state index contributed by atoms with van der Waals surface area (Å²) in [5.74, 6) is 1.30. The van der Waals surface area contributed by atoms with E-state index in [2.05, 4.69) is 51.0 Å². The minimum absolute atomic E-state index is 0.0894. The molecule has 0 aliphatic carbocycles. The van der Waals surface area contributed by atoms with Gasteiger partial charge in [-0.2, -0.15) is 0 Å². The van der Waals surface area contributed by atoms with Gasteiger partial charge in [-0.15, -0.1) is 0 Å². The van der Waals surface area contributed by atoms with E-state index in [0.29, 0.717) is 30.3 Å². The van der Waals surface area contributed by atoms with Gasteiger partial charge in [0, 0.05) is 5.92 Å². The molecule has 0 radical (unpaired) electrons. The molecule has 2 aliphatic heterocycles. The molecule has 0 amide bonds. The van der Waals surface area contributed by atoms with Gasteiger partial charge in [-0.25, -0.2) is 0 Å². The first kappa shape index (κ1) is 32.8. The number of esters is 2. The number of aliphatic hydroxyl groups is 1. The second-order valence-electron chi connectivity index (χ2n) is 10.1. The third-order valence-corrected chi connectivity index (χ3v) is 7.96. The van der Waals surface area contributed by atoms with E-state index in [9.17, 15) is 14.7 Å². The Morgan fingerprint density at radius 2 is 1.08 bits per heavy atom. The molecular weight excluding hydrogens is 468 g/mol. The predicted octanol–water partition coefficient (Wildman–Crippen LogP) is 3.94. The van der Waals surface area contributed by atoms with Crippen LogP contribution in [-0.2, 0) is 38.0 Å². The van der Waals surface area contributed by atoms with E-state index in [4.69, 9.17) is 18.9 Å². The van der Waals surface area contributed by atoms with Gasteiger partial charge in [0.25, 0.3) is 0 Å². The van der Waals surface area contributed by atoms with Gasteiger partial charge >= 0.3 is 11.9 Å². The third-order valence-electron chi connectivity index (χ3n) is 7.96. The molecule has 0 saturated carbocycles. The summed E-state index contributed by atoms with van der Waals surface area (Å²) in [6.07, 6.45) is 1.17. The molecule has 10 atom stereocenters. The molecule has 2 heterocycles. The van der Waals surface area contributed by atoms with Gasteiger partial charge in [-0.05, 0) is 36.5 Å². The highest BCUT2D eigenvalue weighted by Crippen LogP contribution is 2.36. The fourth-order valence-corrected chi connectivity index (χ4v) is 4.75. The fourth-order valence-electron chi connectivity index (χ4n) is 4.75. The lowest BCUT2D eigenvalue weighted by molar-refractivity contribution is -0.270. The first-order valence-corrected chi connectivity index (χ1v) is 13.4. The first-order chi connectivity index (χ1) is 17.0. The summed E-state index contributed by atoms with van der Waals surface area (Å²) in [6.45, 7) is 15.5. The van der Waals surface area contributed by atoms with Crippen LogP contribution in [0.1, 0.15) is 74.1 Å². The molecule has 2 fully saturated rings. The molecule has 212 valence electrons. The van der Waals surface area contributed by atoms with E-state index in [0.717, 1.165) is 12.8 Å². The van der Waals surface area contributed by atoms with Crippen molar-refractivity contribution in [2.45, 2.75) is 105 Å². The zero-order valence-corrected chi connectivity index (χ0v) is 23.7. The molecule has 1 N–H and O–H groups in total. The topological polar surface area (TPSA) is 110 Å². The summed E-state index contributed by atoms with van der Waals surface area (Å²) in [6, 6.07) is 0. The van der Waals surface area contributed by atoms with E-state index in [1.807, 2.05) is 6.92 Å².